The van der Waals surface area contributed by atoms with Crippen molar-refractivity contribution in [2.75, 3.05) is 5.32 Å². The monoisotopic (exact) mass is 407 g/mol. The molecule has 7 nitrogen and oxygen atoms in total. The van der Waals surface area contributed by atoms with Crippen molar-refractivity contribution >= 4 is 32.5 Å². The van der Waals surface area contributed by atoms with Gasteiger partial charge in [-0.05, 0) is 54.6 Å². The first-order valence-electron chi connectivity index (χ1n) is 8.79. The van der Waals surface area contributed by atoms with Gasteiger partial charge in [-0.25, -0.2) is 13.1 Å². The molecule has 0 unspecified atom stereocenters. The highest BCUT2D eigenvalue weighted by atomic mass is 32.2. The van der Waals surface area contributed by atoms with E-state index < -0.39 is 10.0 Å². The Morgan fingerprint density at radius 3 is 2.72 bits per heavy atom. The molecule has 2 heterocycles. The van der Waals surface area contributed by atoms with E-state index in [0.29, 0.717) is 17.0 Å². The molecule has 146 valence electrons. The van der Waals surface area contributed by atoms with Gasteiger partial charge >= 0.3 is 0 Å². The van der Waals surface area contributed by atoms with E-state index in [4.69, 9.17) is 4.42 Å². The number of anilines is 1. The van der Waals surface area contributed by atoms with Gasteiger partial charge in [0, 0.05) is 22.8 Å². The minimum absolute atomic E-state index is 0.0387. The molecular weight excluding hydrogens is 390 g/mol. The van der Waals surface area contributed by atoms with Crippen LogP contribution in [0.1, 0.15) is 16.1 Å². The van der Waals surface area contributed by atoms with Crippen molar-refractivity contribution in [1.82, 2.24) is 9.71 Å². The molecule has 8 heteroatoms. The predicted octanol–water partition coefficient (Wildman–Crippen LogP) is 3.56. The summed E-state index contributed by atoms with van der Waals surface area (Å²) >= 11 is 0. The van der Waals surface area contributed by atoms with Gasteiger partial charge in [0.1, 0.15) is 5.76 Å². The van der Waals surface area contributed by atoms with E-state index in [1.807, 2.05) is 6.07 Å². The molecule has 0 spiro atoms. The van der Waals surface area contributed by atoms with Gasteiger partial charge < -0.3 is 9.73 Å². The summed E-state index contributed by atoms with van der Waals surface area (Å²) < 4.78 is 32.6. The molecule has 0 saturated heterocycles. The van der Waals surface area contributed by atoms with Crippen molar-refractivity contribution in [2.24, 2.45) is 0 Å². The van der Waals surface area contributed by atoms with Gasteiger partial charge in [-0.15, -0.1) is 0 Å². The van der Waals surface area contributed by atoms with Gasteiger partial charge in [0.2, 0.25) is 10.0 Å². The van der Waals surface area contributed by atoms with E-state index in [2.05, 4.69) is 15.0 Å². The third kappa shape index (κ3) is 4.34. The number of pyridine rings is 1. The molecule has 0 aliphatic rings. The summed E-state index contributed by atoms with van der Waals surface area (Å²) in [5.41, 5.74) is 1.62. The number of fused-ring (bicyclic) bond motifs is 1. The summed E-state index contributed by atoms with van der Waals surface area (Å²) in [6.07, 6.45) is 3.16. The van der Waals surface area contributed by atoms with Gasteiger partial charge in [0.25, 0.3) is 5.91 Å². The number of benzene rings is 2. The van der Waals surface area contributed by atoms with Crippen molar-refractivity contribution in [2.45, 2.75) is 11.4 Å². The highest BCUT2D eigenvalue weighted by molar-refractivity contribution is 7.89. The molecule has 0 saturated carbocycles. The molecule has 0 aliphatic carbocycles. The number of nitrogens with zero attached hydrogens (tertiary/aromatic N) is 1. The third-order valence-electron chi connectivity index (χ3n) is 4.28. The van der Waals surface area contributed by atoms with Crippen LogP contribution in [-0.2, 0) is 16.6 Å². The molecule has 2 aromatic heterocycles. The van der Waals surface area contributed by atoms with Crippen molar-refractivity contribution < 1.29 is 17.6 Å². The Morgan fingerprint density at radius 2 is 1.90 bits per heavy atom. The fraction of sp³-hybridized carbons (Fsp3) is 0.0476. The van der Waals surface area contributed by atoms with Crippen LogP contribution in [0.15, 0.2) is 88.5 Å². The molecule has 2 N–H and O–H groups in total. The fourth-order valence-electron chi connectivity index (χ4n) is 2.82. The third-order valence-corrected chi connectivity index (χ3v) is 5.68. The van der Waals surface area contributed by atoms with Crippen LogP contribution in [-0.4, -0.2) is 19.3 Å². The Balaban J connectivity index is 1.51. The standard InChI is InChI=1S/C21H17N3O4S/c25-21(16-8-9-20-15(12-16)4-2-10-22-20)24-17-5-1-7-19(13-17)29(26,27)23-14-18-6-3-11-28-18/h1-13,23H,14H2,(H,24,25). The molecule has 0 atom stereocenters. The van der Waals surface area contributed by atoms with Crippen molar-refractivity contribution in [1.29, 1.82) is 0 Å². The Hall–Kier alpha value is -3.49. The zero-order chi connectivity index (χ0) is 20.3. The molecule has 2 aromatic carbocycles. The van der Waals surface area contributed by atoms with Crippen LogP contribution in [0.5, 0.6) is 0 Å². The van der Waals surface area contributed by atoms with Gasteiger partial charge in [0.15, 0.2) is 0 Å². The van der Waals surface area contributed by atoms with Crippen LogP contribution in [0.3, 0.4) is 0 Å². The van der Waals surface area contributed by atoms with Gasteiger partial charge in [-0.2, -0.15) is 0 Å². The van der Waals surface area contributed by atoms with Crippen LogP contribution < -0.4 is 10.0 Å². The maximum absolute atomic E-state index is 12.6. The number of carbonyl (C=O) groups excluding carboxylic acids is 1. The maximum atomic E-state index is 12.6. The number of carbonyl (C=O) groups is 1. The fourth-order valence-corrected chi connectivity index (χ4v) is 3.86. The first-order chi connectivity index (χ1) is 14.0. The van der Waals surface area contributed by atoms with Gasteiger partial charge in [0.05, 0.1) is 23.2 Å². The van der Waals surface area contributed by atoms with E-state index in [9.17, 15) is 13.2 Å². The summed E-state index contributed by atoms with van der Waals surface area (Å²) in [6.45, 7) is 0.0387. The summed E-state index contributed by atoms with van der Waals surface area (Å²) in [5, 5.41) is 3.58. The molecular formula is C21H17N3O4S. The van der Waals surface area contributed by atoms with Crippen LogP contribution in [0.25, 0.3) is 10.9 Å². The Kier molecular flexibility index (Phi) is 5.11. The number of nitrogens with one attached hydrogen (secondary N) is 2. The molecule has 0 aliphatic heterocycles. The lowest BCUT2D eigenvalue weighted by atomic mass is 10.1. The lowest BCUT2D eigenvalue weighted by Gasteiger charge is -2.09. The van der Waals surface area contributed by atoms with E-state index in [0.717, 1.165) is 10.9 Å². The minimum Gasteiger partial charge on any atom is -0.468 e. The second-order valence-electron chi connectivity index (χ2n) is 6.30. The summed E-state index contributed by atoms with van der Waals surface area (Å²) in [5.74, 6) is 0.165. The average Bonchev–Trinajstić information content (AvgIpc) is 3.26. The lowest BCUT2D eigenvalue weighted by Crippen LogP contribution is -2.23. The Morgan fingerprint density at radius 1 is 1.00 bits per heavy atom. The molecule has 29 heavy (non-hydrogen) atoms. The topological polar surface area (TPSA) is 101 Å². The minimum atomic E-state index is -3.76. The number of furan rings is 1. The van der Waals surface area contributed by atoms with Crippen molar-refractivity contribution in [3.63, 3.8) is 0 Å². The van der Waals surface area contributed by atoms with Gasteiger partial charge in [-0.3, -0.25) is 9.78 Å². The molecule has 4 aromatic rings. The van der Waals surface area contributed by atoms with Crippen LogP contribution >= 0.6 is 0 Å². The van der Waals surface area contributed by atoms with Crippen LogP contribution in [0, 0.1) is 0 Å². The lowest BCUT2D eigenvalue weighted by molar-refractivity contribution is 0.102. The second kappa shape index (κ2) is 7.86. The van der Waals surface area contributed by atoms with E-state index in [1.165, 1.54) is 18.4 Å². The molecule has 0 bridgehead atoms. The van der Waals surface area contributed by atoms with E-state index in [1.54, 1.807) is 54.7 Å². The van der Waals surface area contributed by atoms with Crippen molar-refractivity contribution in [3.8, 4) is 0 Å². The Bertz CT molecular complexity index is 1270. The number of aromatic nitrogens is 1. The number of rotatable bonds is 6. The molecule has 0 radical (unpaired) electrons. The molecule has 1 amide bonds. The highest BCUT2D eigenvalue weighted by Crippen LogP contribution is 2.18. The summed E-state index contributed by atoms with van der Waals surface area (Å²) in [6, 6.07) is 18.3. The highest BCUT2D eigenvalue weighted by Gasteiger charge is 2.16. The van der Waals surface area contributed by atoms with Crippen LogP contribution in [0.2, 0.25) is 0 Å². The normalized spacial score (nSPS) is 11.4. The summed E-state index contributed by atoms with van der Waals surface area (Å²) in [4.78, 5) is 16.9. The smallest absolute Gasteiger partial charge is 0.255 e. The number of sulfonamides is 1. The Labute approximate surface area is 167 Å². The van der Waals surface area contributed by atoms with Gasteiger partial charge in [-0.1, -0.05) is 12.1 Å². The molecule has 4 rings (SSSR count). The summed E-state index contributed by atoms with van der Waals surface area (Å²) in [7, 11) is -3.76. The van der Waals surface area contributed by atoms with Crippen molar-refractivity contribution in [3.05, 3.63) is 90.5 Å². The van der Waals surface area contributed by atoms with Crippen LogP contribution in [0.4, 0.5) is 5.69 Å². The van der Waals surface area contributed by atoms with E-state index >= 15 is 0 Å². The van der Waals surface area contributed by atoms with E-state index in [-0.39, 0.29) is 17.3 Å². The first-order valence-corrected chi connectivity index (χ1v) is 10.3. The quantitative estimate of drug-likeness (QED) is 0.509. The largest absolute Gasteiger partial charge is 0.468 e. The SMILES string of the molecule is O=C(Nc1cccc(S(=O)(=O)NCc2ccco2)c1)c1ccc2ncccc2c1. The number of hydrogen-bond donors (Lipinski definition) is 2. The predicted molar refractivity (Wildman–Crippen MR) is 109 cm³/mol. The number of hydrogen-bond acceptors (Lipinski definition) is 5. The molecule has 0 fully saturated rings. The second-order valence-corrected chi connectivity index (χ2v) is 8.06. The zero-order valence-corrected chi connectivity index (χ0v) is 16.0. The number of amides is 1. The zero-order valence-electron chi connectivity index (χ0n) is 15.2. The first kappa shape index (κ1) is 18.9. The maximum Gasteiger partial charge on any atom is 0.255 e. The average molecular weight is 407 g/mol.